The predicted molar refractivity (Wildman–Crippen MR) is 90.0 cm³/mol. The Morgan fingerprint density at radius 1 is 1.29 bits per heavy atom. The quantitative estimate of drug-likeness (QED) is 0.856. The first-order valence-corrected chi connectivity index (χ1v) is 7.67. The zero-order valence-corrected chi connectivity index (χ0v) is 14.9. The first-order chi connectivity index (χ1) is 10.5. The Morgan fingerprint density at radius 2 is 1.88 bits per heavy atom. The zero-order chi connectivity index (χ0) is 17.5. The minimum absolute atomic E-state index is 0. The molecule has 0 spiro atoms. The molecule has 0 aromatic heterocycles. The number of amides is 1. The normalized spacial score (nSPS) is 17.6. The predicted octanol–water partition coefficient (Wildman–Crippen LogP) is 3.65. The second kappa shape index (κ2) is 6.92. The average molecular weight is 365 g/mol. The summed E-state index contributed by atoms with van der Waals surface area (Å²) in [5, 5.41) is 2.80. The molecule has 1 atom stereocenters. The van der Waals surface area contributed by atoms with Crippen molar-refractivity contribution in [2.45, 2.75) is 51.2 Å². The molecule has 1 aromatic rings. The van der Waals surface area contributed by atoms with Crippen LogP contribution in [0, 0.1) is 5.41 Å². The molecule has 3 nitrogen and oxygen atoms in total. The molecule has 1 aliphatic carbocycles. The summed E-state index contributed by atoms with van der Waals surface area (Å²) in [6.45, 7) is 5.93. The van der Waals surface area contributed by atoms with E-state index in [4.69, 9.17) is 5.73 Å². The number of nitrogens with one attached hydrogen (secondary N) is 1. The Balaban J connectivity index is 0.00000288. The summed E-state index contributed by atoms with van der Waals surface area (Å²) in [7, 11) is 0. The van der Waals surface area contributed by atoms with E-state index in [9.17, 15) is 18.0 Å². The smallest absolute Gasteiger partial charge is 0.354 e. The molecule has 0 heterocycles. The van der Waals surface area contributed by atoms with Gasteiger partial charge in [0.2, 0.25) is 5.91 Å². The molecule has 1 saturated carbocycles. The van der Waals surface area contributed by atoms with Crippen molar-refractivity contribution in [3.8, 4) is 0 Å². The van der Waals surface area contributed by atoms with Gasteiger partial charge in [-0.05, 0) is 29.9 Å². The molecule has 1 aliphatic rings. The van der Waals surface area contributed by atoms with Crippen molar-refractivity contribution in [1.82, 2.24) is 5.32 Å². The highest BCUT2D eigenvalue weighted by atomic mass is 35.5. The van der Waals surface area contributed by atoms with E-state index in [0.29, 0.717) is 12.1 Å². The van der Waals surface area contributed by atoms with E-state index in [0.717, 1.165) is 18.9 Å². The molecule has 0 radical (unpaired) electrons. The van der Waals surface area contributed by atoms with Crippen molar-refractivity contribution >= 4 is 18.3 Å². The summed E-state index contributed by atoms with van der Waals surface area (Å²) < 4.78 is 38.5. The van der Waals surface area contributed by atoms with Gasteiger partial charge in [-0.2, -0.15) is 13.2 Å². The summed E-state index contributed by atoms with van der Waals surface area (Å²) in [4.78, 5) is 12.1. The van der Waals surface area contributed by atoms with E-state index < -0.39 is 23.2 Å². The van der Waals surface area contributed by atoms with E-state index in [-0.39, 0.29) is 23.7 Å². The van der Waals surface area contributed by atoms with E-state index in [2.05, 4.69) is 5.32 Å². The molecule has 7 heteroatoms. The lowest BCUT2D eigenvalue weighted by molar-refractivity contribution is -0.137. The highest BCUT2D eigenvalue weighted by molar-refractivity contribution is 5.85. The maximum absolute atomic E-state index is 12.8. The number of halogens is 4. The third kappa shape index (κ3) is 4.63. The molecule has 0 saturated heterocycles. The van der Waals surface area contributed by atoms with Gasteiger partial charge in [0.25, 0.3) is 0 Å². The highest BCUT2D eigenvalue weighted by Gasteiger charge is 2.45. The van der Waals surface area contributed by atoms with Crippen LogP contribution in [0.2, 0.25) is 0 Å². The Labute approximate surface area is 146 Å². The van der Waals surface area contributed by atoms with Gasteiger partial charge in [-0.1, -0.05) is 39.0 Å². The Hall–Kier alpha value is -1.27. The van der Waals surface area contributed by atoms with Gasteiger partial charge < -0.3 is 11.1 Å². The number of rotatable bonds is 4. The van der Waals surface area contributed by atoms with Crippen LogP contribution in [0.1, 0.15) is 44.7 Å². The molecule has 0 unspecified atom stereocenters. The van der Waals surface area contributed by atoms with Crippen LogP contribution in [0.15, 0.2) is 24.3 Å². The monoisotopic (exact) mass is 364 g/mol. The summed E-state index contributed by atoms with van der Waals surface area (Å²) in [5.74, 6) is -0.268. The van der Waals surface area contributed by atoms with E-state index in [1.54, 1.807) is 6.07 Å². The largest absolute Gasteiger partial charge is 0.416 e. The maximum Gasteiger partial charge on any atom is 0.416 e. The molecular formula is C17H24ClF3N2O. The van der Waals surface area contributed by atoms with Gasteiger partial charge in [-0.25, -0.2) is 0 Å². The van der Waals surface area contributed by atoms with Crippen LogP contribution in [-0.2, 0) is 16.4 Å². The van der Waals surface area contributed by atoms with Crippen LogP contribution in [0.25, 0.3) is 0 Å². The number of hydrogen-bond acceptors (Lipinski definition) is 2. The molecular weight excluding hydrogens is 341 g/mol. The Kier molecular flexibility index (Phi) is 5.99. The average Bonchev–Trinajstić information content (AvgIpc) is 3.23. The van der Waals surface area contributed by atoms with Crippen molar-refractivity contribution in [2.75, 3.05) is 6.54 Å². The molecule has 24 heavy (non-hydrogen) atoms. The van der Waals surface area contributed by atoms with Gasteiger partial charge in [0.1, 0.15) is 0 Å². The molecule has 2 rings (SSSR count). The molecule has 1 fully saturated rings. The fourth-order valence-corrected chi connectivity index (χ4v) is 2.50. The number of carbonyl (C=O) groups excluding carboxylic acids is 1. The van der Waals surface area contributed by atoms with Crippen LogP contribution in [0.3, 0.4) is 0 Å². The standard InChI is InChI=1S/C17H23F3N2O.ClH/c1-15(2,3)13(21)14(23)22-10-16(7-8-16)11-5-4-6-12(9-11)17(18,19)20;/h4-6,9,13H,7-8,10,21H2,1-3H3,(H,22,23);1H/t13-;/m1./s1. The minimum atomic E-state index is -4.36. The number of carbonyl (C=O) groups is 1. The van der Waals surface area contributed by atoms with E-state index >= 15 is 0 Å². The lowest BCUT2D eigenvalue weighted by Crippen LogP contribution is -2.50. The first kappa shape index (κ1) is 20.8. The van der Waals surface area contributed by atoms with Crippen LogP contribution in [0.4, 0.5) is 13.2 Å². The SMILES string of the molecule is CC(C)(C)[C@H](N)C(=O)NCC1(c2cccc(C(F)(F)F)c2)CC1.Cl. The Morgan fingerprint density at radius 3 is 2.33 bits per heavy atom. The second-order valence-corrected chi connectivity index (χ2v) is 7.42. The molecule has 136 valence electrons. The van der Waals surface area contributed by atoms with Gasteiger partial charge in [-0.15, -0.1) is 12.4 Å². The third-order valence-electron chi connectivity index (χ3n) is 4.47. The summed E-state index contributed by atoms with van der Waals surface area (Å²) in [5.41, 5.74) is 5.11. The summed E-state index contributed by atoms with van der Waals surface area (Å²) >= 11 is 0. The number of nitrogens with two attached hydrogens (primary N) is 1. The first-order valence-electron chi connectivity index (χ1n) is 7.67. The minimum Gasteiger partial charge on any atom is -0.354 e. The van der Waals surface area contributed by atoms with Gasteiger partial charge in [0, 0.05) is 12.0 Å². The van der Waals surface area contributed by atoms with Gasteiger partial charge in [0.15, 0.2) is 0 Å². The van der Waals surface area contributed by atoms with Gasteiger partial charge >= 0.3 is 6.18 Å². The van der Waals surface area contributed by atoms with Crippen LogP contribution < -0.4 is 11.1 Å². The van der Waals surface area contributed by atoms with Gasteiger partial charge in [0.05, 0.1) is 11.6 Å². The van der Waals surface area contributed by atoms with Crippen molar-refractivity contribution < 1.29 is 18.0 Å². The summed E-state index contributed by atoms with van der Waals surface area (Å²) in [6.07, 6.45) is -2.83. The zero-order valence-electron chi connectivity index (χ0n) is 14.0. The topological polar surface area (TPSA) is 55.1 Å². The highest BCUT2D eigenvalue weighted by Crippen LogP contribution is 2.48. The molecule has 3 N–H and O–H groups in total. The van der Waals surface area contributed by atoms with Crippen LogP contribution in [-0.4, -0.2) is 18.5 Å². The van der Waals surface area contributed by atoms with Crippen molar-refractivity contribution in [3.05, 3.63) is 35.4 Å². The molecule has 1 amide bonds. The molecule has 0 aliphatic heterocycles. The van der Waals surface area contributed by atoms with Crippen molar-refractivity contribution in [2.24, 2.45) is 11.1 Å². The molecule has 1 aromatic carbocycles. The lowest BCUT2D eigenvalue weighted by atomic mass is 9.86. The van der Waals surface area contributed by atoms with Crippen LogP contribution >= 0.6 is 12.4 Å². The third-order valence-corrected chi connectivity index (χ3v) is 4.47. The number of hydrogen-bond donors (Lipinski definition) is 2. The van der Waals surface area contributed by atoms with Crippen molar-refractivity contribution in [1.29, 1.82) is 0 Å². The number of alkyl halides is 3. The maximum atomic E-state index is 12.8. The Bertz CT molecular complexity index is 592. The number of benzene rings is 1. The van der Waals surface area contributed by atoms with Crippen molar-refractivity contribution in [3.63, 3.8) is 0 Å². The van der Waals surface area contributed by atoms with E-state index in [1.165, 1.54) is 12.1 Å². The second-order valence-electron chi connectivity index (χ2n) is 7.42. The summed E-state index contributed by atoms with van der Waals surface area (Å²) in [6, 6.07) is 4.70. The fraction of sp³-hybridized carbons (Fsp3) is 0.588. The van der Waals surface area contributed by atoms with Crippen LogP contribution in [0.5, 0.6) is 0 Å². The lowest BCUT2D eigenvalue weighted by Gasteiger charge is -2.27. The molecule has 0 bridgehead atoms. The van der Waals surface area contributed by atoms with E-state index in [1.807, 2.05) is 20.8 Å². The fourth-order valence-electron chi connectivity index (χ4n) is 2.50. The van der Waals surface area contributed by atoms with Gasteiger partial charge in [-0.3, -0.25) is 4.79 Å².